The average molecular weight is 443 g/mol. The molecule has 0 bridgehead atoms. The molecule has 5 aromatic rings. The van der Waals surface area contributed by atoms with Crippen molar-refractivity contribution in [1.29, 1.82) is 0 Å². The Morgan fingerprint density at radius 2 is 1.69 bits per heavy atom. The molecule has 0 atom stereocenters. The third kappa shape index (κ3) is 4.15. The van der Waals surface area contributed by atoms with Crippen LogP contribution in [0.15, 0.2) is 84.2 Å². The highest BCUT2D eigenvalue weighted by atomic mass is 32.1. The molecule has 0 aliphatic heterocycles. The fourth-order valence-corrected chi connectivity index (χ4v) is 4.35. The number of thiazole rings is 1. The molecule has 5 nitrogen and oxygen atoms in total. The van der Waals surface area contributed by atoms with Gasteiger partial charge in [0.1, 0.15) is 5.82 Å². The quantitative estimate of drug-likeness (QED) is 0.391. The lowest BCUT2D eigenvalue weighted by atomic mass is 10.0. The van der Waals surface area contributed by atoms with Crippen LogP contribution in [0, 0.1) is 5.82 Å². The van der Waals surface area contributed by atoms with Gasteiger partial charge < -0.3 is 5.32 Å². The Labute approximate surface area is 188 Å². The number of nitrogens with one attached hydrogen (secondary N) is 1. The van der Waals surface area contributed by atoms with E-state index >= 15 is 0 Å². The van der Waals surface area contributed by atoms with Gasteiger partial charge in [-0.3, -0.25) is 4.79 Å². The second-order valence-electron chi connectivity index (χ2n) is 7.32. The molecular formula is C25H19FN4OS. The van der Waals surface area contributed by atoms with Gasteiger partial charge in [-0.05, 0) is 35.4 Å². The van der Waals surface area contributed by atoms with Gasteiger partial charge in [0.05, 0.1) is 5.69 Å². The molecule has 1 amide bonds. The molecule has 2 heterocycles. The zero-order valence-electron chi connectivity index (χ0n) is 17.0. The normalized spacial score (nSPS) is 11.0. The van der Waals surface area contributed by atoms with E-state index in [1.807, 2.05) is 60.0 Å². The Balaban J connectivity index is 1.23. The molecule has 158 valence electrons. The number of nitrogens with zero attached hydrogens (tertiary/aromatic N) is 3. The molecule has 0 spiro atoms. The van der Waals surface area contributed by atoms with Crippen LogP contribution in [-0.4, -0.2) is 27.0 Å². The molecule has 3 aromatic carbocycles. The van der Waals surface area contributed by atoms with Crippen molar-refractivity contribution < 1.29 is 9.18 Å². The van der Waals surface area contributed by atoms with E-state index in [4.69, 9.17) is 0 Å². The van der Waals surface area contributed by atoms with Gasteiger partial charge in [0.15, 0.2) is 5.82 Å². The van der Waals surface area contributed by atoms with Gasteiger partial charge in [-0.2, -0.15) is 4.98 Å². The number of rotatable bonds is 6. The van der Waals surface area contributed by atoms with E-state index in [9.17, 15) is 9.18 Å². The highest BCUT2D eigenvalue weighted by molar-refractivity contribution is 7.15. The number of hydrogen-bond acceptors (Lipinski definition) is 4. The number of carbonyl (C=O) groups excluding carboxylic acids is 1. The zero-order valence-corrected chi connectivity index (χ0v) is 17.8. The van der Waals surface area contributed by atoms with E-state index in [-0.39, 0.29) is 11.7 Å². The van der Waals surface area contributed by atoms with Gasteiger partial charge >= 0.3 is 0 Å². The Bertz CT molecular complexity index is 1380. The molecule has 32 heavy (non-hydrogen) atoms. The van der Waals surface area contributed by atoms with Crippen molar-refractivity contribution in [2.75, 3.05) is 6.54 Å². The SMILES string of the molecule is O=C(NCCc1csc2nc(-c3cccc(F)c3)nn12)c1ccc(-c2ccccc2)cc1. The molecule has 2 aromatic heterocycles. The van der Waals surface area contributed by atoms with E-state index in [1.54, 1.807) is 16.6 Å². The highest BCUT2D eigenvalue weighted by Gasteiger charge is 2.13. The van der Waals surface area contributed by atoms with Crippen molar-refractivity contribution in [2.24, 2.45) is 0 Å². The van der Waals surface area contributed by atoms with E-state index in [2.05, 4.69) is 15.4 Å². The van der Waals surface area contributed by atoms with Crippen molar-refractivity contribution in [2.45, 2.75) is 6.42 Å². The van der Waals surface area contributed by atoms with Gasteiger partial charge in [0.25, 0.3) is 5.91 Å². The monoisotopic (exact) mass is 442 g/mol. The van der Waals surface area contributed by atoms with Crippen molar-refractivity contribution in [3.8, 4) is 22.5 Å². The smallest absolute Gasteiger partial charge is 0.251 e. The van der Waals surface area contributed by atoms with Gasteiger partial charge in [-0.25, -0.2) is 8.91 Å². The standard InChI is InChI=1S/C25H19FN4OS/c26-21-8-4-7-20(15-21)23-28-25-30(29-23)22(16-32-25)13-14-27-24(31)19-11-9-18(10-12-19)17-5-2-1-3-6-17/h1-12,15-16H,13-14H2,(H,27,31). The minimum atomic E-state index is -0.319. The Morgan fingerprint density at radius 1 is 0.938 bits per heavy atom. The lowest BCUT2D eigenvalue weighted by Crippen LogP contribution is -2.25. The van der Waals surface area contributed by atoms with E-state index in [0.29, 0.717) is 29.9 Å². The fraction of sp³-hybridized carbons (Fsp3) is 0.0800. The zero-order chi connectivity index (χ0) is 21.9. The summed E-state index contributed by atoms with van der Waals surface area (Å²) in [5.74, 6) is 0.0515. The predicted octanol–water partition coefficient (Wildman–Crippen LogP) is 5.24. The predicted molar refractivity (Wildman–Crippen MR) is 124 cm³/mol. The second kappa shape index (κ2) is 8.72. The van der Waals surface area contributed by atoms with Gasteiger partial charge in [0, 0.05) is 29.5 Å². The molecular weight excluding hydrogens is 423 g/mol. The lowest BCUT2D eigenvalue weighted by molar-refractivity contribution is 0.0954. The van der Waals surface area contributed by atoms with E-state index in [1.165, 1.54) is 23.5 Å². The first-order valence-corrected chi connectivity index (χ1v) is 11.1. The fourth-order valence-electron chi connectivity index (χ4n) is 3.50. The first kappa shape index (κ1) is 20.1. The van der Waals surface area contributed by atoms with Crippen molar-refractivity contribution in [3.63, 3.8) is 0 Å². The molecule has 0 fully saturated rings. The van der Waals surface area contributed by atoms with Crippen LogP contribution in [0.1, 0.15) is 16.1 Å². The van der Waals surface area contributed by atoms with Crippen LogP contribution in [0.5, 0.6) is 0 Å². The summed E-state index contributed by atoms with van der Waals surface area (Å²) in [6.45, 7) is 0.472. The molecule has 0 radical (unpaired) electrons. The van der Waals surface area contributed by atoms with Crippen LogP contribution < -0.4 is 5.32 Å². The number of amides is 1. The summed E-state index contributed by atoms with van der Waals surface area (Å²) in [5, 5.41) is 9.45. The number of benzene rings is 3. The summed E-state index contributed by atoms with van der Waals surface area (Å²) in [6, 6.07) is 23.9. The molecule has 0 unspecified atom stereocenters. The van der Waals surface area contributed by atoms with Crippen molar-refractivity contribution in [3.05, 3.63) is 101 Å². The highest BCUT2D eigenvalue weighted by Crippen LogP contribution is 2.22. The van der Waals surface area contributed by atoms with Crippen LogP contribution in [0.3, 0.4) is 0 Å². The van der Waals surface area contributed by atoms with Crippen molar-refractivity contribution >= 4 is 22.2 Å². The second-order valence-corrected chi connectivity index (χ2v) is 8.15. The molecule has 1 N–H and O–H groups in total. The Hall–Kier alpha value is -3.84. The summed E-state index contributed by atoms with van der Waals surface area (Å²) >= 11 is 1.47. The molecule has 5 rings (SSSR count). The van der Waals surface area contributed by atoms with Crippen LogP contribution in [0.2, 0.25) is 0 Å². The number of aromatic nitrogens is 3. The number of hydrogen-bond donors (Lipinski definition) is 1. The largest absolute Gasteiger partial charge is 0.352 e. The number of fused-ring (bicyclic) bond motifs is 1. The maximum Gasteiger partial charge on any atom is 0.251 e. The molecule has 0 aliphatic rings. The number of carbonyl (C=O) groups is 1. The first-order chi connectivity index (χ1) is 15.7. The molecule has 0 saturated carbocycles. The average Bonchev–Trinajstić information content (AvgIpc) is 3.41. The van der Waals surface area contributed by atoms with Crippen LogP contribution in [0.4, 0.5) is 4.39 Å². The van der Waals surface area contributed by atoms with Gasteiger partial charge in [-0.1, -0.05) is 54.6 Å². The van der Waals surface area contributed by atoms with E-state index < -0.39 is 0 Å². The van der Waals surface area contributed by atoms with Crippen LogP contribution >= 0.6 is 11.3 Å². The van der Waals surface area contributed by atoms with Crippen LogP contribution in [-0.2, 0) is 6.42 Å². The van der Waals surface area contributed by atoms with Crippen molar-refractivity contribution in [1.82, 2.24) is 19.9 Å². The third-order valence-electron chi connectivity index (χ3n) is 5.15. The molecule has 0 saturated heterocycles. The van der Waals surface area contributed by atoms with E-state index in [0.717, 1.165) is 21.8 Å². The molecule has 0 aliphatic carbocycles. The minimum absolute atomic E-state index is 0.116. The number of halogens is 1. The summed E-state index contributed by atoms with van der Waals surface area (Å²) in [5.41, 5.74) is 4.39. The summed E-state index contributed by atoms with van der Waals surface area (Å²) < 4.78 is 15.3. The van der Waals surface area contributed by atoms with Crippen LogP contribution in [0.25, 0.3) is 27.5 Å². The Kier molecular flexibility index (Phi) is 5.47. The first-order valence-electron chi connectivity index (χ1n) is 10.2. The topological polar surface area (TPSA) is 59.3 Å². The maximum absolute atomic E-state index is 13.5. The van der Waals surface area contributed by atoms with Gasteiger partial charge in [-0.15, -0.1) is 16.4 Å². The summed E-state index contributed by atoms with van der Waals surface area (Å²) in [7, 11) is 0. The van der Waals surface area contributed by atoms with Gasteiger partial charge in [0.2, 0.25) is 4.96 Å². The summed E-state index contributed by atoms with van der Waals surface area (Å²) in [4.78, 5) is 17.7. The summed E-state index contributed by atoms with van der Waals surface area (Å²) in [6.07, 6.45) is 0.611. The Morgan fingerprint density at radius 3 is 2.47 bits per heavy atom. The lowest BCUT2D eigenvalue weighted by Gasteiger charge is -2.06. The minimum Gasteiger partial charge on any atom is -0.352 e. The maximum atomic E-state index is 13.5. The molecule has 7 heteroatoms. The third-order valence-corrected chi connectivity index (χ3v) is 6.02.